The van der Waals surface area contributed by atoms with E-state index in [1.54, 1.807) is 18.2 Å². The van der Waals surface area contributed by atoms with E-state index in [9.17, 15) is 5.11 Å². The van der Waals surface area contributed by atoms with E-state index >= 15 is 0 Å². The van der Waals surface area contributed by atoms with Crippen molar-refractivity contribution in [1.82, 2.24) is 5.32 Å². The van der Waals surface area contributed by atoms with Crippen LogP contribution in [0.3, 0.4) is 0 Å². The molecule has 0 radical (unpaired) electrons. The number of nitrogens with one attached hydrogen (secondary N) is 1. The van der Waals surface area contributed by atoms with E-state index in [1.165, 1.54) is 6.07 Å². The average Bonchev–Trinajstić information content (AvgIpc) is 2.52. The maximum atomic E-state index is 10.2. The van der Waals surface area contributed by atoms with Crippen molar-refractivity contribution in [2.24, 2.45) is 0 Å². The summed E-state index contributed by atoms with van der Waals surface area (Å²) in [5.41, 5.74) is 0. The Hall–Kier alpha value is -1.58. The van der Waals surface area contributed by atoms with Crippen molar-refractivity contribution in [2.45, 2.75) is 25.9 Å². The first-order chi connectivity index (χ1) is 11.8. The fourth-order valence-electron chi connectivity index (χ4n) is 1.65. The molecular weight excluding hydrogens is 238 g/mol. The monoisotopic (exact) mass is 266 g/mol. The van der Waals surface area contributed by atoms with Crippen LogP contribution >= 0.6 is 0 Å². The Bertz CT molecular complexity index is 769. The number of hydrogen-bond donors (Lipinski definition) is 2. The average molecular weight is 266 g/mol. The van der Waals surface area contributed by atoms with Gasteiger partial charge in [0, 0.05) is 23.4 Å². The lowest BCUT2D eigenvalue weighted by Crippen LogP contribution is -2.35. The third kappa shape index (κ3) is 3.94. The zero-order valence-electron chi connectivity index (χ0n) is 17.6. The molecule has 2 atom stereocenters. The Labute approximate surface area is 124 Å². The number of benzene rings is 2. The van der Waals surface area contributed by atoms with Crippen LogP contribution in [-0.4, -0.2) is 30.3 Å². The van der Waals surface area contributed by atoms with Gasteiger partial charge in [-0.2, -0.15) is 0 Å². The molecule has 0 aliphatic rings. The van der Waals surface area contributed by atoms with Gasteiger partial charge in [-0.1, -0.05) is 50.2 Å². The number of rotatable bonds is 6. The lowest BCUT2D eigenvalue weighted by atomic mass is 10.1. The largest absolute Gasteiger partial charge is 0.490 e. The number of fused-ring (bicyclic) bond motifs is 1. The highest BCUT2D eigenvalue weighted by molar-refractivity contribution is 5.88. The molecule has 0 fully saturated rings. The van der Waals surface area contributed by atoms with Gasteiger partial charge in [-0.05, 0) is 11.5 Å². The van der Waals surface area contributed by atoms with Gasteiger partial charge in [0.05, 0.1) is 4.11 Å². The maximum absolute atomic E-state index is 10.2. The standard InChI is InChI=1S/C16H21NO2/c1-12(2)17-10-14(18)11-19-16-9-5-7-13-6-3-4-8-15(13)16/h3-9,12,14,17-18H,10-11H2,1-2H3/i1D3,11D2,12D,14D. The summed E-state index contributed by atoms with van der Waals surface area (Å²) in [7, 11) is 0. The molecule has 102 valence electrons. The van der Waals surface area contributed by atoms with E-state index in [0.717, 1.165) is 12.3 Å². The molecule has 0 aromatic heterocycles. The summed E-state index contributed by atoms with van der Waals surface area (Å²) in [5, 5.41) is 13.9. The van der Waals surface area contributed by atoms with Crippen molar-refractivity contribution in [3.05, 3.63) is 42.5 Å². The predicted molar refractivity (Wildman–Crippen MR) is 78.6 cm³/mol. The maximum Gasteiger partial charge on any atom is 0.127 e. The Morgan fingerprint density at radius 2 is 2.16 bits per heavy atom. The molecule has 0 aliphatic heterocycles. The fourth-order valence-corrected chi connectivity index (χ4v) is 1.65. The van der Waals surface area contributed by atoms with Gasteiger partial charge < -0.3 is 15.2 Å². The smallest absolute Gasteiger partial charge is 0.127 e. The zero-order chi connectivity index (χ0) is 19.8. The summed E-state index contributed by atoms with van der Waals surface area (Å²) in [6, 6.07) is 9.93. The SMILES string of the molecule is [2H]C([2H])([2H])C([2H])(C)NCC([2H])(O)C([2H])([2H])Oc1cccc2ccccc12. The van der Waals surface area contributed by atoms with Gasteiger partial charge in [0.1, 0.15) is 18.4 Å². The molecule has 0 saturated heterocycles. The fraction of sp³-hybridized carbons (Fsp3) is 0.375. The predicted octanol–water partition coefficient (Wildman–Crippen LogP) is 2.58. The van der Waals surface area contributed by atoms with Crippen LogP contribution in [0.1, 0.15) is 23.4 Å². The van der Waals surface area contributed by atoms with Gasteiger partial charge >= 0.3 is 0 Å². The van der Waals surface area contributed by atoms with Crippen LogP contribution in [0.2, 0.25) is 0 Å². The van der Waals surface area contributed by atoms with Crippen molar-refractivity contribution >= 4 is 10.8 Å². The minimum absolute atomic E-state index is 0.142. The minimum Gasteiger partial charge on any atom is -0.490 e. The molecule has 3 nitrogen and oxygen atoms in total. The molecule has 0 saturated carbocycles. The first-order valence-electron chi connectivity index (χ1n) is 9.41. The molecule has 2 N–H and O–H groups in total. The van der Waals surface area contributed by atoms with Crippen molar-refractivity contribution in [3.63, 3.8) is 0 Å². The first-order valence-corrected chi connectivity index (χ1v) is 5.91. The third-order valence-electron chi connectivity index (χ3n) is 2.55. The molecule has 3 heteroatoms. The lowest BCUT2D eigenvalue weighted by Gasteiger charge is -2.15. The molecule has 2 aromatic rings. The molecule has 0 heterocycles. The summed E-state index contributed by atoms with van der Waals surface area (Å²) >= 11 is 0. The van der Waals surface area contributed by atoms with Gasteiger partial charge in [-0.15, -0.1) is 0 Å². The second-order valence-electron chi connectivity index (χ2n) is 4.11. The summed E-state index contributed by atoms with van der Waals surface area (Å²) in [6.07, 6.45) is -2.84. The normalized spacial score (nSPS) is 24.4. The van der Waals surface area contributed by atoms with Crippen molar-refractivity contribution in [1.29, 1.82) is 0 Å². The Kier molecular flexibility index (Phi) is 2.50. The van der Waals surface area contributed by atoms with Crippen molar-refractivity contribution in [2.75, 3.05) is 13.1 Å². The molecular formula is C16H21NO2. The van der Waals surface area contributed by atoms with Crippen molar-refractivity contribution < 1.29 is 19.4 Å². The van der Waals surface area contributed by atoms with Gasteiger partial charge in [0.15, 0.2) is 0 Å². The van der Waals surface area contributed by atoms with Gasteiger partial charge in [0.2, 0.25) is 0 Å². The summed E-state index contributed by atoms with van der Waals surface area (Å²) in [5.74, 6) is 0.142. The Morgan fingerprint density at radius 1 is 1.37 bits per heavy atom. The molecule has 0 amide bonds. The highest BCUT2D eigenvalue weighted by atomic mass is 16.5. The van der Waals surface area contributed by atoms with E-state index in [2.05, 4.69) is 5.32 Å². The second kappa shape index (κ2) is 6.55. The Balaban J connectivity index is 2.22. The van der Waals surface area contributed by atoms with Crippen LogP contribution < -0.4 is 10.1 Å². The molecule has 2 rings (SSSR count). The molecule has 2 aromatic carbocycles. The van der Waals surface area contributed by atoms with Gasteiger partial charge in [-0.25, -0.2) is 0 Å². The quantitative estimate of drug-likeness (QED) is 0.844. The third-order valence-corrected chi connectivity index (χ3v) is 2.55. The van der Waals surface area contributed by atoms with Gasteiger partial charge in [-0.3, -0.25) is 0 Å². The molecule has 19 heavy (non-hydrogen) atoms. The zero-order valence-corrected chi connectivity index (χ0v) is 10.6. The van der Waals surface area contributed by atoms with Crippen LogP contribution in [0.25, 0.3) is 10.8 Å². The van der Waals surface area contributed by atoms with Crippen LogP contribution in [0, 0.1) is 0 Å². The number of hydrogen-bond acceptors (Lipinski definition) is 3. The number of ether oxygens (including phenoxy) is 1. The van der Waals surface area contributed by atoms with E-state index in [0.29, 0.717) is 5.39 Å². The van der Waals surface area contributed by atoms with E-state index in [-0.39, 0.29) is 5.75 Å². The first kappa shape index (κ1) is 7.27. The topological polar surface area (TPSA) is 41.5 Å². The highest BCUT2D eigenvalue weighted by Crippen LogP contribution is 2.25. The molecule has 0 spiro atoms. The Morgan fingerprint density at radius 3 is 3.00 bits per heavy atom. The molecule has 0 bridgehead atoms. The van der Waals surface area contributed by atoms with Crippen LogP contribution in [-0.2, 0) is 0 Å². The lowest BCUT2D eigenvalue weighted by molar-refractivity contribution is 0.105. The summed E-state index contributed by atoms with van der Waals surface area (Å²) in [6.45, 7) is -5.33. The van der Waals surface area contributed by atoms with Crippen LogP contribution in [0.5, 0.6) is 5.75 Å². The highest BCUT2D eigenvalue weighted by Gasteiger charge is 2.07. The minimum atomic E-state index is -2.87. The van der Waals surface area contributed by atoms with Crippen molar-refractivity contribution in [3.8, 4) is 5.75 Å². The van der Waals surface area contributed by atoms with E-state index in [1.807, 2.05) is 18.2 Å². The van der Waals surface area contributed by atoms with E-state index in [4.69, 9.17) is 14.3 Å². The van der Waals surface area contributed by atoms with Gasteiger partial charge in [0.25, 0.3) is 0 Å². The van der Waals surface area contributed by atoms with Crippen LogP contribution in [0.15, 0.2) is 42.5 Å². The van der Waals surface area contributed by atoms with Crippen LogP contribution in [0.4, 0.5) is 0 Å². The number of aliphatic hydroxyl groups is 1. The summed E-state index contributed by atoms with van der Waals surface area (Å²) < 4.78 is 58.7. The van der Waals surface area contributed by atoms with E-state index < -0.39 is 32.1 Å². The molecule has 2 unspecified atom stereocenters. The molecule has 0 aliphatic carbocycles. The summed E-state index contributed by atoms with van der Waals surface area (Å²) in [4.78, 5) is 0. The second-order valence-corrected chi connectivity index (χ2v) is 4.11.